The molecule has 1 saturated carbocycles. The molecule has 1 aliphatic carbocycles. The number of para-hydroxylation sites is 1. The zero-order valence-corrected chi connectivity index (χ0v) is 12.5. The Balaban J connectivity index is 2.24. The summed E-state index contributed by atoms with van der Waals surface area (Å²) in [6.45, 7) is 6.86. The third-order valence-electron chi connectivity index (χ3n) is 3.51. The van der Waals surface area contributed by atoms with Gasteiger partial charge >= 0.3 is 5.97 Å². The van der Waals surface area contributed by atoms with Crippen LogP contribution in [0.5, 0.6) is 0 Å². The van der Waals surface area contributed by atoms with Gasteiger partial charge in [-0.05, 0) is 25.0 Å². The first kappa shape index (κ1) is 16.6. The second kappa shape index (κ2) is 7.48. The Morgan fingerprint density at radius 1 is 1.26 bits per heavy atom. The highest BCUT2D eigenvalue weighted by atomic mass is 19.3. The molecule has 0 N–H and O–H groups in total. The summed E-state index contributed by atoms with van der Waals surface area (Å²) < 4.78 is 11.8. The summed E-state index contributed by atoms with van der Waals surface area (Å²) in [4.78, 5) is 28.5. The monoisotopic (exact) mass is 320 g/mol. The molecule has 0 aliphatic heterocycles. The number of hydrogen-bond donors (Lipinski definition) is 0. The van der Waals surface area contributed by atoms with Crippen LogP contribution in [0.25, 0.3) is 0 Å². The van der Waals surface area contributed by atoms with Gasteiger partial charge in [0.2, 0.25) is 0 Å². The molecular formula is C15H17FN4O3. The molecule has 0 bridgehead atoms. The van der Waals surface area contributed by atoms with Crippen LogP contribution in [0.4, 0.5) is 10.2 Å². The van der Waals surface area contributed by atoms with Crippen LogP contribution in [0.3, 0.4) is 0 Å². The highest BCUT2D eigenvalue weighted by Crippen LogP contribution is 2.31. The molecule has 1 aromatic rings. The second-order valence-corrected chi connectivity index (χ2v) is 5.02. The number of nitrogens with zero attached hydrogens (tertiary/aromatic N) is 4. The first-order chi connectivity index (χ1) is 11.1. The van der Waals surface area contributed by atoms with Crippen LogP contribution >= 0.6 is 0 Å². The number of hydrogen-bond acceptors (Lipinski definition) is 6. The first-order valence-electron chi connectivity index (χ1n) is 7.07. The molecule has 0 atom stereocenters. The number of anilines is 1. The van der Waals surface area contributed by atoms with Crippen molar-refractivity contribution in [3.05, 3.63) is 29.8 Å². The standard InChI is InChI=1S/C15H17FN4O3/c1-17-20(18-2)13-6-4-3-5-12(13)15(22)19(11-7-8-11)10-9-14(21)23-16/h3-6,11H,1-2,7-10H2. The van der Waals surface area contributed by atoms with Crippen LogP contribution in [0, 0.1) is 0 Å². The van der Waals surface area contributed by atoms with E-state index in [1.54, 1.807) is 29.2 Å². The third kappa shape index (κ3) is 3.91. The topological polar surface area (TPSA) is 74.6 Å². The molecule has 122 valence electrons. The Bertz CT molecular complexity index is 610. The maximum atomic E-state index is 12.8. The third-order valence-corrected chi connectivity index (χ3v) is 3.51. The Kier molecular flexibility index (Phi) is 5.40. The SMILES string of the molecule is C=NN(N=C)c1ccccc1C(=O)N(CCC(=O)OF)C1CC1. The van der Waals surface area contributed by atoms with Crippen molar-refractivity contribution in [2.24, 2.45) is 10.2 Å². The van der Waals surface area contributed by atoms with Gasteiger partial charge in [0.05, 0.1) is 17.7 Å². The van der Waals surface area contributed by atoms with Crippen molar-refractivity contribution in [2.45, 2.75) is 25.3 Å². The number of hydrazone groups is 2. The van der Waals surface area contributed by atoms with Gasteiger partial charge in [-0.3, -0.25) is 9.74 Å². The van der Waals surface area contributed by atoms with Crippen LogP contribution in [0.15, 0.2) is 34.5 Å². The van der Waals surface area contributed by atoms with E-state index in [2.05, 4.69) is 28.6 Å². The molecule has 1 amide bonds. The van der Waals surface area contributed by atoms with E-state index in [9.17, 15) is 14.1 Å². The van der Waals surface area contributed by atoms with Gasteiger partial charge in [-0.1, -0.05) is 12.1 Å². The molecule has 1 aromatic carbocycles. The van der Waals surface area contributed by atoms with Gasteiger partial charge < -0.3 is 4.90 Å². The van der Waals surface area contributed by atoms with Gasteiger partial charge in [0.15, 0.2) is 0 Å². The van der Waals surface area contributed by atoms with E-state index in [0.717, 1.165) is 18.0 Å². The average molecular weight is 320 g/mol. The van der Waals surface area contributed by atoms with Gasteiger partial charge in [0.1, 0.15) is 0 Å². The lowest BCUT2D eigenvalue weighted by Crippen LogP contribution is -2.35. The van der Waals surface area contributed by atoms with Crippen LogP contribution in [-0.4, -0.2) is 42.8 Å². The summed E-state index contributed by atoms with van der Waals surface area (Å²) >= 11 is 0. The lowest BCUT2D eigenvalue weighted by molar-refractivity contribution is -0.183. The fourth-order valence-electron chi connectivity index (χ4n) is 2.27. The second-order valence-electron chi connectivity index (χ2n) is 5.02. The van der Waals surface area contributed by atoms with Crippen LogP contribution in [-0.2, 0) is 9.74 Å². The van der Waals surface area contributed by atoms with E-state index in [1.165, 1.54) is 0 Å². The number of benzene rings is 1. The van der Waals surface area contributed by atoms with Crippen molar-refractivity contribution < 1.29 is 19.1 Å². The molecule has 0 unspecified atom stereocenters. The van der Waals surface area contributed by atoms with Gasteiger partial charge in [-0.15, -0.1) is 0 Å². The Labute approximate surface area is 132 Å². The van der Waals surface area contributed by atoms with E-state index >= 15 is 0 Å². The fourth-order valence-corrected chi connectivity index (χ4v) is 2.27. The Morgan fingerprint density at radius 3 is 2.48 bits per heavy atom. The predicted octanol–water partition coefficient (Wildman–Crippen LogP) is 2.15. The smallest absolute Gasteiger partial charge is 0.335 e. The summed E-state index contributed by atoms with van der Waals surface area (Å²) in [6.07, 6.45) is 1.49. The van der Waals surface area contributed by atoms with E-state index < -0.39 is 5.97 Å². The predicted molar refractivity (Wildman–Crippen MR) is 83.9 cm³/mol. The van der Waals surface area contributed by atoms with Crippen molar-refractivity contribution in [3.63, 3.8) is 0 Å². The van der Waals surface area contributed by atoms with Crippen molar-refractivity contribution in [1.29, 1.82) is 0 Å². The molecule has 23 heavy (non-hydrogen) atoms. The highest BCUT2D eigenvalue weighted by molar-refractivity contribution is 6.00. The first-order valence-corrected chi connectivity index (χ1v) is 7.07. The Hall–Kier alpha value is -2.77. The molecule has 0 aromatic heterocycles. The summed E-state index contributed by atoms with van der Waals surface area (Å²) in [5, 5.41) is 8.52. The van der Waals surface area contributed by atoms with Crippen molar-refractivity contribution in [1.82, 2.24) is 4.90 Å². The van der Waals surface area contributed by atoms with E-state index in [1.807, 2.05) is 0 Å². The van der Waals surface area contributed by atoms with E-state index in [0.29, 0.717) is 11.3 Å². The summed E-state index contributed by atoms with van der Waals surface area (Å²) in [5.74, 6) is -1.29. The molecule has 8 heteroatoms. The Morgan fingerprint density at radius 2 is 1.91 bits per heavy atom. The maximum absolute atomic E-state index is 12.8. The van der Waals surface area contributed by atoms with E-state index in [-0.39, 0.29) is 24.9 Å². The van der Waals surface area contributed by atoms with Crippen LogP contribution in [0.2, 0.25) is 0 Å². The normalized spacial score (nSPS) is 13.1. The molecule has 0 spiro atoms. The molecular weight excluding hydrogens is 303 g/mol. The largest absolute Gasteiger partial charge is 0.350 e. The van der Waals surface area contributed by atoms with Crippen LogP contribution in [0.1, 0.15) is 29.6 Å². The van der Waals surface area contributed by atoms with Crippen molar-refractivity contribution in [3.8, 4) is 0 Å². The number of rotatable bonds is 8. The zero-order chi connectivity index (χ0) is 16.8. The van der Waals surface area contributed by atoms with E-state index in [4.69, 9.17) is 0 Å². The maximum Gasteiger partial charge on any atom is 0.350 e. The van der Waals surface area contributed by atoms with Crippen molar-refractivity contribution in [2.75, 3.05) is 11.7 Å². The van der Waals surface area contributed by atoms with Gasteiger partial charge in [-0.25, -0.2) is 4.79 Å². The summed E-state index contributed by atoms with van der Waals surface area (Å²) in [7, 11) is 0. The molecule has 0 radical (unpaired) electrons. The quantitative estimate of drug-likeness (QED) is 0.543. The molecule has 2 rings (SSSR count). The van der Waals surface area contributed by atoms with Crippen molar-refractivity contribution >= 4 is 31.0 Å². The van der Waals surface area contributed by atoms with Crippen LogP contribution < -0.4 is 5.12 Å². The average Bonchev–Trinajstić information content (AvgIpc) is 3.41. The lowest BCUT2D eigenvalue weighted by atomic mass is 10.1. The fraction of sp³-hybridized carbons (Fsp3) is 0.333. The summed E-state index contributed by atoms with van der Waals surface area (Å²) in [5.41, 5.74) is 0.786. The summed E-state index contributed by atoms with van der Waals surface area (Å²) in [6, 6.07) is 6.78. The molecule has 1 aliphatic rings. The number of carbonyl (C=O) groups is 2. The highest BCUT2D eigenvalue weighted by Gasteiger charge is 2.34. The minimum atomic E-state index is -1.00. The number of halogens is 1. The minimum Gasteiger partial charge on any atom is -0.335 e. The molecule has 7 nitrogen and oxygen atoms in total. The lowest BCUT2D eigenvalue weighted by Gasteiger charge is -2.24. The minimum absolute atomic E-state index is 0.0461. The number of amides is 1. The molecule has 1 fully saturated rings. The zero-order valence-electron chi connectivity index (χ0n) is 12.5. The molecule has 0 heterocycles. The molecule has 0 saturated heterocycles. The van der Waals surface area contributed by atoms with Gasteiger partial charge in [0, 0.05) is 30.5 Å². The number of carbonyl (C=O) groups excluding carboxylic acids is 2. The van der Waals surface area contributed by atoms with Gasteiger partial charge in [-0.2, -0.15) is 15.3 Å². The van der Waals surface area contributed by atoms with Gasteiger partial charge in [0.25, 0.3) is 5.91 Å².